The highest BCUT2D eigenvalue weighted by molar-refractivity contribution is 7.89. The molecular weight excluding hydrogens is 254 g/mol. The van der Waals surface area contributed by atoms with E-state index in [1.807, 2.05) is 13.8 Å². The molecule has 1 aromatic rings. The first-order valence-electron chi connectivity index (χ1n) is 6.19. The van der Waals surface area contributed by atoms with Gasteiger partial charge >= 0.3 is 0 Å². The van der Waals surface area contributed by atoms with Gasteiger partial charge in [-0.15, -0.1) is 0 Å². The minimum atomic E-state index is -3.45. The van der Waals surface area contributed by atoms with Gasteiger partial charge in [0.15, 0.2) is 0 Å². The van der Waals surface area contributed by atoms with Crippen LogP contribution in [-0.2, 0) is 16.6 Å². The largest absolute Gasteiger partial charge is 0.394 e. The number of hydrogen-bond acceptors (Lipinski definition) is 4. The first kappa shape index (κ1) is 15.1. The quantitative estimate of drug-likeness (QED) is 0.757. The molecule has 104 valence electrons. The zero-order chi connectivity index (χ0) is 13.6. The summed E-state index contributed by atoms with van der Waals surface area (Å²) in [6.07, 6.45) is 4.36. The van der Waals surface area contributed by atoms with Crippen molar-refractivity contribution in [2.45, 2.75) is 38.1 Å². The van der Waals surface area contributed by atoms with Crippen LogP contribution >= 0.6 is 0 Å². The van der Waals surface area contributed by atoms with E-state index in [4.69, 9.17) is 5.11 Å². The molecule has 0 aliphatic rings. The van der Waals surface area contributed by atoms with Gasteiger partial charge in [-0.3, -0.25) is 4.68 Å². The summed E-state index contributed by atoms with van der Waals surface area (Å²) in [5.41, 5.74) is 0. The van der Waals surface area contributed by atoms with Crippen molar-refractivity contribution in [1.82, 2.24) is 14.1 Å². The van der Waals surface area contributed by atoms with Gasteiger partial charge in [0.25, 0.3) is 0 Å². The Morgan fingerprint density at radius 2 is 1.94 bits per heavy atom. The lowest BCUT2D eigenvalue weighted by atomic mass is 10.4. The molecule has 0 saturated carbocycles. The number of rotatable bonds is 8. The molecule has 6 nitrogen and oxygen atoms in total. The summed E-state index contributed by atoms with van der Waals surface area (Å²) in [6.45, 7) is 5.18. The SMILES string of the molecule is CCCN(CCC)S(=O)(=O)c1cnn(CCO)c1. The van der Waals surface area contributed by atoms with Crippen molar-refractivity contribution in [3.63, 3.8) is 0 Å². The van der Waals surface area contributed by atoms with Crippen LogP contribution in [0.2, 0.25) is 0 Å². The summed E-state index contributed by atoms with van der Waals surface area (Å²) < 4.78 is 27.6. The number of aliphatic hydroxyl groups is 1. The summed E-state index contributed by atoms with van der Waals surface area (Å²) in [7, 11) is -3.45. The zero-order valence-corrected chi connectivity index (χ0v) is 11.7. The normalized spacial score (nSPS) is 12.2. The summed E-state index contributed by atoms with van der Waals surface area (Å²) >= 11 is 0. The highest BCUT2D eigenvalue weighted by Gasteiger charge is 2.24. The number of sulfonamides is 1. The highest BCUT2D eigenvalue weighted by atomic mass is 32.2. The van der Waals surface area contributed by atoms with Gasteiger partial charge < -0.3 is 5.11 Å². The van der Waals surface area contributed by atoms with E-state index in [1.54, 1.807) is 0 Å². The van der Waals surface area contributed by atoms with Crippen molar-refractivity contribution < 1.29 is 13.5 Å². The molecule has 0 bridgehead atoms. The molecule has 0 aromatic carbocycles. The molecule has 18 heavy (non-hydrogen) atoms. The van der Waals surface area contributed by atoms with Crippen molar-refractivity contribution in [3.8, 4) is 0 Å². The molecule has 0 atom stereocenters. The van der Waals surface area contributed by atoms with Gasteiger partial charge in [-0.2, -0.15) is 9.40 Å². The van der Waals surface area contributed by atoms with Crippen LogP contribution in [0.1, 0.15) is 26.7 Å². The molecular formula is C11H21N3O3S. The van der Waals surface area contributed by atoms with Crippen LogP contribution in [-0.4, -0.2) is 47.3 Å². The first-order chi connectivity index (χ1) is 8.56. The molecule has 1 heterocycles. The lowest BCUT2D eigenvalue weighted by molar-refractivity contribution is 0.269. The third-order valence-electron chi connectivity index (χ3n) is 2.52. The molecule has 0 fully saturated rings. The molecule has 0 radical (unpaired) electrons. The van der Waals surface area contributed by atoms with E-state index < -0.39 is 10.0 Å². The summed E-state index contributed by atoms with van der Waals surface area (Å²) in [5, 5.41) is 12.7. The first-order valence-corrected chi connectivity index (χ1v) is 7.63. The van der Waals surface area contributed by atoms with Gasteiger partial charge in [-0.05, 0) is 12.8 Å². The second-order valence-corrected chi connectivity index (χ2v) is 6.00. The molecule has 1 rings (SSSR count). The maximum absolute atomic E-state index is 12.3. The third kappa shape index (κ3) is 3.54. The number of hydrogen-bond donors (Lipinski definition) is 1. The van der Waals surface area contributed by atoms with E-state index >= 15 is 0 Å². The van der Waals surface area contributed by atoms with E-state index in [0.29, 0.717) is 19.6 Å². The monoisotopic (exact) mass is 275 g/mol. The van der Waals surface area contributed by atoms with Gasteiger partial charge in [0.05, 0.1) is 19.3 Å². The van der Waals surface area contributed by atoms with Crippen molar-refractivity contribution in [2.75, 3.05) is 19.7 Å². The Kier molecular flexibility index (Phi) is 5.77. The second-order valence-electron chi connectivity index (χ2n) is 4.07. The summed E-state index contributed by atoms with van der Waals surface area (Å²) in [4.78, 5) is 0.192. The molecule has 0 aliphatic carbocycles. The second kappa shape index (κ2) is 6.86. The van der Waals surface area contributed by atoms with E-state index in [1.165, 1.54) is 21.4 Å². The predicted molar refractivity (Wildman–Crippen MR) is 68.7 cm³/mol. The van der Waals surface area contributed by atoms with Crippen molar-refractivity contribution in [1.29, 1.82) is 0 Å². The Balaban J connectivity index is 2.94. The average Bonchev–Trinajstić information content (AvgIpc) is 2.78. The van der Waals surface area contributed by atoms with Crippen LogP contribution < -0.4 is 0 Å². The Hall–Kier alpha value is -0.920. The van der Waals surface area contributed by atoms with E-state index in [9.17, 15) is 8.42 Å². The minimum Gasteiger partial charge on any atom is -0.394 e. The summed E-state index contributed by atoms with van der Waals surface area (Å²) in [5.74, 6) is 0. The number of aromatic nitrogens is 2. The predicted octanol–water partition coefficient (Wildman–Crippen LogP) is 0.686. The van der Waals surface area contributed by atoms with Crippen molar-refractivity contribution in [2.24, 2.45) is 0 Å². The third-order valence-corrected chi connectivity index (χ3v) is 4.37. The van der Waals surface area contributed by atoms with E-state index in [0.717, 1.165) is 12.8 Å². The smallest absolute Gasteiger partial charge is 0.246 e. The van der Waals surface area contributed by atoms with Gasteiger partial charge in [-0.1, -0.05) is 13.8 Å². The Morgan fingerprint density at radius 1 is 1.33 bits per heavy atom. The van der Waals surface area contributed by atoms with Crippen LogP contribution in [0, 0.1) is 0 Å². The Labute approximate surface area is 108 Å². The maximum atomic E-state index is 12.3. The van der Waals surface area contributed by atoms with Crippen LogP contribution in [0.5, 0.6) is 0 Å². The summed E-state index contributed by atoms with van der Waals surface area (Å²) in [6, 6.07) is 0. The van der Waals surface area contributed by atoms with Gasteiger partial charge in [0.1, 0.15) is 4.90 Å². The van der Waals surface area contributed by atoms with Crippen LogP contribution in [0.4, 0.5) is 0 Å². The molecule has 0 saturated heterocycles. The van der Waals surface area contributed by atoms with Gasteiger partial charge in [0.2, 0.25) is 10.0 Å². The fourth-order valence-electron chi connectivity index (χ4n) is 1.70. The fraction of sp³-hybridized carbons (Fsp3) is 0.727. The van der Waals surface area contributed by atoms with Gasteiger partial charge in [-0.25, -0.2) is 8.42 Å². The molecule has 7 heteroatoms. The number of nitrogens with zero attached hydrogens (tertiary/aromatic N) is 3. The molecule has 0 unspecified atom stereocenters. The Morgan fingerprint density at radius 3 is 2.44 bits per heavy atom. The lowest BCUT2D eigenvalue weighted by Crippen LogP contribution is -2.32. The van der Waals surface area contributed by atoms with Gasteiger partial charge in [0, 0.05) is 19.3 Å². The van der Waals surface area contributed by atoms with Crippen LogP contribution in [0.3, 0.4) is 0 Å². The Bertz CT molecular complexity index is 450. The molecule has 0 aliphatic heterocycles. The molecule has 0 spiro atoms. The molecule has 0 amide bonds. The fourth-order valence-corrected chi connectivity index (χ4v) is 3.28. The van der Waals surface area contributed by atoms with E-state index in [-0.39, 0.29) is 11.5 Å². The average molecular weight is 275 g/mol. The lowest BCUT2D eigenvalue weighted by Gasteiger charge is -2.19. The molecule has 1 aromatic heterocycles. The topological polar surface area (TPSA) is 75.4 Å². The minimum absolute atomic E-state index is 0.0607. The van der Waals surface area contributed by atoms with Crippen LogP contribution in [0.15, 0.2) is 17.3 Å². The van der Waals surface area contributed by atoms with Crippen molar-refractivity contribution in [3.05, 3.63) is 12.4 Å². The molecule has 1 N–H and O–H groups in total. The van der Waals surface area contributed by atoms with E-state index in [2.05, 4.69) is 5.10 Å². The number of aliphatic hydroxyl groups excluding tert-OH is 1. The van der Waals surface area contributed by atoms with Crippen molar-refractivity contribution >= 4 is 10.0 Å². The standard InChI is InChI=1S/C11H21N3O3S/c1-3-5-14(6-4-2)18(16,17)11-9-12-13(10-11)7-8-15/h9-10,15H,3-8H2,1-2H3. The van der Waals surface area contributed by atoms with Crippen LogP contribution in [0.25, 0.3) is 0 Å². The highest BCUT2D eigenvalue weighted by Crippen LogP contribution is 2.15. The maximum Gasteiger partial charge on any atom is 0.246 e. The zero-order valence-electron chi connectivity index (χ0n) is 10.9.